The van der Waals surface area contributed by atoms with Gasteiger partial charge >= 0.3 is 0 Å². The second-order valence-electron chi connectivity index (χ2n) is 6.24. The third-order valence-corrected chi connectivity index (χ3v) is 4.16. The highest BCUT2D eigenvalue weighted by Crippen LogP contribution is 2.27. The standard InChI is InChI=1S/C22H22N2O5/c1-15(29-20-8-4-3-7-19(20)27-2)21(25)24-17-11-9-16(10-12-17)22(26)23-14-18-6-5-13-28-18/h3-13,15H,14H2,1-2H3,(H,23,26)(H,24,25). The van der Waals surface area contributed by atoms with E-state index in [0.717, 1.165) is 0 Å². The van der Waals surface area contributed by atoms with Gasteiger partial charge in [0.05, 0.1) is 19.9 Å². The highest BCUT2D eigenvalue weighted by atomic mass is 16.5. The van der Waals surface area contributed by atoms with Gasteiger partial charge in [-0.05, 0) is 55.5 Å². The van der Waals surface area contributed by atoms with Crippen LogP contribution in [-0.2, 0) is 11.3 Å². The molecule has 0 aliphatic carbocycles. The molecule has 0 saturated carbocycles. The molecule has 0 bridgehead atoms. The Balaban J connectivity index is 1.54. The van der Waals surface area contributed by atoms with E-state index >= 15 is 0 Å². The van der Waals surface area contributed by atoms with E-state index in [2.05, 4.69) is 10.6 Å². The third-order valence-electron chi connectivity index (χ3n) is 4.16. The SMILES string of the molecule is COc1ccccc1OC(C)C(=O)Nc1ccc(C(=O)NCc2ccco2)cc1. The van der Waals surface area contributed by atoms with Crippen LogP contribution in [0, 0.1) is 0 Å². The molecule has 1 heterocycles. The van der Waals surface area contributed by atoms with E-state index in [4.69, 9.17) is 13.9 Å². The minimum atomic E-state index is -0.734. The molecular weight excluding hydrogens is 372 g/mol. The molecule has 2 amide bonds. The van der Waals surface area contributed by atoms with Crippen molar-refractivity contribution in [2.75, 3.05) is 12.4 Å². The average Bonchev–Trinajstić information content (AvgIpc) is 3.26. The van der Waals surface area contributed by atoms with Gasteiger partial charge in [0.1, 0.15) is 5.76 Å². The second-order valence-corrected chi connectivity index (χ2v) is 6.24. The molecule has 150 valence electrons. The fourth-order valence-electron chi connectivity index (χ4n) is 2.59. The summed E-state index contributed by atoms with van der Waals surface area (Å²) in [6, 6.07) is 17.3. The normalized spacial score (nSPS) is 11.4. The van der Waals surface area contributed by atoms with Crippen LogP contribution in [0.2, 0.25) is 0 Å². The Morgan fingerprint density at radius 1 is 1.00 bits per heavy atom. The molecule has 1 unspecified atom stereocenters. The first-order valence-electron chi connectivity index (χ1n) is 9.08. The van der Waals surface area contributed by atoms with Crippen LogP contribution in [-0.4, -0.2) is 25.0 Å². The lowest BCUT2D eigenvalue weighted by Crippen LogP contribution is -2.30. The zero-order chi connectivity index (χ0) is 20.6. The highest BCUT2D eigenvalue weighted by Gasteiger charge is 2.17. The fourth-order valence-corrected chi connectivity index (χ4v) is 2.59. The lowest BCUT2D eigenvalue weighted by atomic mass is 10.2. The Bertz CT molecular complexity index is 952. The Labute approximate surface area is 168 Å². The summed E-state index contributed by atoms with van der Waals surface area (Å²) >= 11 is 0. The van der Waals surface area contributed by atoms with Crippen molar-refractivity contribution in [2.24, 2.45) is 0 Å². The van der Waals surface area contributed by atoms with E-state index in [1.165, 1.54) is 0 Å². The maximum atomic E-state index is 12.4. The first-order valence-corrected chi connectivity index (χ1v) is 9.08. The summed E-state index contributed by atoms with van der Waals surface area (Å²) in [4.78, 5) is 24.6. The van der Waals surface area contributed by atoms with Crippen LogP contribution in [0.25, 0.3) is 0 Å². The van der Waals surface area contributed by atoms with Crippen molar-refractivity contribution < 1.29 is 23.5 Å². The zero-order valence-electron chi connectivity index (χ0n) is 16.2. The number of furan rings is 1. The van der Waals surface area contributed by atoms with E-state index in [9.17, 15) is 9.59 Å². The van der Waals surface area contributed by atoms with Crippen molar-refractivity contribution in [1.82, 2.24) is 5.32 Å². The van der Waals surface area contributed by atoms with Gasteiger partial charge in [-0.25, -0.2) is 0 Å². The van der Waals surface area contributed by atoms with Gasteiger partial charge in [0.15, 0.2) is 17.6 Å². The maximum absolute atomic E-state index is 12.4. The molecule has 7 heteroatoms. The number of benzene rings is 2. The number of carbonyl (C=O) groups is 2. The summed E-state index contributed by atoms with van der Waals surface area (Å²) in [5.74, 6) is 1.17. The molecule has 0 fully saturated rings. The van der Waals surface area contributed by atoms with E-state index < -0.39 is 6.10 Å². The van der Waals surface area contributed by atoms with Gasteiger partial charge in [-0.15, -0.1) is 0 Å². The number of hydrogen-bond donors (Lipinski definition) is 2. The smallest absolute Gasteiger partial charge is 0.265 e. The van der Waals surface area contributed by atoms with Crippen molar-refractivity contribution in [3.05, 3.63) is 78.3 Å². The molecule has 0 aliphatic heterocycles. The van der Waals surface area contributed by atoms with Gasteiger partial charge in [0, 0.05) is 11.3 Å². The molecule has 3 aromatic rings. The summed E-state index contributed by atoms with van der Waals surface area (Å²) in [5, 5.41) is 5.53. The molecule has 0 radical (unpaired) electrons. The summed E-state index contributed by atoms with van der Waals surface area (Å²) in [7, 11) is 1.54. The number of rotatable bonds is 8. The van der Waals surface area contributed by atoms with E-state index in [-0.39, 0.29) is 11.8 Å². The Hall–Kier alpha value is -3.74. The number of carbonyl (C=O) groups excluding carboxylic acids is 2. The van der Waals surface area contributed by atoms with Gasteiger partial charge in [-0.2, -0.15) is 0 Å². The predicted molar refractivity (Wildman–Crippen MR) is 108 cm³/mol. The van der Waals surface area contributed by atoms with Gasteiger partial charge in [-0.1, -0.05) is 12.1 Å². The molecule has 1 aromatic heterocycles. The van der Waals surface area contributed by atoms with Crippen LogP contribution < -0.4 is 20.1 Å². The number of anilines is 1. The zero-order valence-corrected chi connectivity index (χ0v) is 16.2. The van der Waals surface area contributed by atoms with Gasteiger partial charge < -0.3 is 24.5 Å². The molecule has 1 atom stereocenters. The van der Waals surface area contributed by atoms with Crippen LogP contribution in [0.3, 0.4) is 0 Å². The van der Waals surface area contributed by atoms with Crippen LogP contribution >= 0.6 is 0 Å². The van der Waals surface area contributed by atoms with Crippen molar-refractivity contribution in [1.29, 1.82) is 0 Å². The van der Waals surface area contributed by atoms with Gasteiger partial charge in [-0.3, -0.25) is 9.59 Å². The minimum Gasteiger partial charge on any atom is -0.493 e. The molecule has 2 N–H and O–H groups in total. The van der Waals surface area contributed by atoms with Crippen LogP contribution in [0.1, 0.15) is 23.0 Å². The first kappa shape index (κ1) is 20.0. The third kappa shape index (κ3) is 5.38. The maximum Gasteiger partial charge on any atom is 0.265 e. The number of methoxy groups -OCH3 is 1. The van der Waals surface area contributed by atoms with Gasteiger partial charge in [0.25, 0.3) is 11.8 Å². The number of para-hydroxylation sites is 2. The van der Waals surface area contributed by atoms with Crippen molar-refractivity contribution in [3.63, 3.8) is 0 Å². The number of amides is 2. The van der Waals surface area contributed by atoms with E-state index in [0.29, 0.717) is 35.1 Å². The number of nitrogens with one attached hydrogen (secondary N) is 2. The molecule has 2 aromatic carbocycles. The largest absolute Gasteiger partial charge is 0.493 e. The second kappa shape index (κ2) is 9.45. The predicted octanol–water partition coefficient (Wildman–Crippen LogP) is 3.62. The average molecular weight is 394 g/mol. The lowest BCUT2D eigenvalue weighted by Gasteiger charge is -2.16. The van der Waals surface area contributed by atoms with Crippen LogP contribution in [0.4, 0.5) is 5.69 Å². The molecule has 0 saturated heterocycles. The molecule has 0 spiro atoms. The topological polar surface area (TPSA) is 89.8 Å². The van der Waals surface area contributed by atoms with Crippen LogP contribution in [0.5, 0.6) is 11.5 Å². The Kier molecular flexibility index (Phi) is 6.52. The van der Waals surface area contributed by atoms with Crippen molar-refractivity contribution >= 4 is 17.5 Å². The Morgan fingerprint density at radius 3 is 2.38 bits per heavy atom. The lowest BCUT2D eigenvalue weighted by molar-refractivity contribution is -0.122. The summed E-state index contributed by atoms with van der Waals surface area (Å²) < 4.78 is 16.1. The molecule has 7 nitrogen and oxygen atoms in total. The van der Waals surface area contributed by atoms with E-state index in [1.54, 1.807) is 74.9 Å². The molecule has 29 heavy (non-hydrogen) atoms. The summed E-state index contributed by atoms with van der Waals surface area (Å²) in [6.07, 6.45) is 0.819. The van der Waals surface area contributed by atoms with Crippen LogP contribution in [0.15, 0.2) is 71.3 Å². The highest BCUT2D eigenvalue weighted by molar-refractivity contribution is 5.96. The van der Waals surface area contributed by atoms with Gasteiger partial charge in [0.2, 0.25) is 0 Å². The number of ether oxygens (including phenoxy) is 2. The quantitative estimate of drug-likeness (QED) is 0.609. The molecule has 3 rings (SSSR count). The monoisotopic (exact) mass is 394 g/mol. The fraction of sp³-hybridized carbons (Fsp3) is 0.182. The molecule has 0 aliphatic rings. The Morgan fingerprint density at radius 2 is 1.72 bits per heavy atom. The number of hydrogen-bond acceptors (Lipinski definition) is 5. The summed E-state index contributed by atoms with van der Waals surface area (Å²) in [5.41, 5.74) is 1.04. The van der Waals surface area contributed by atoms with E-state index in [1.807, 2.05) is 6.07 Å². The van der Waals surface area contributed by atoms with Crippen molar-refractivity contribution in [3.8, 4) is 11.5 Å². The van der Waals surface area contributed by atoms with Crippen molar-refractivity contribution in [2.45, 2.75) is 19.6 Å². The summed E-state index contributed by atoms with van der Waals surface area (Å²) in [6.45, 7) is 1.96. The first-order chi connectivity index (χ1) is 14.1. The minimum absolute atomic E-state index is 0.229. The molecular formula is C22H22N2O5.